The molecule has 2 N–H and O–H groups in total. The topological polar surface area (TPSA) is 116 Å². The van der Waals surface area contributed by atoms with Gasteiger partial charge in [0.1, 0.15) is 10.4 Å². The number of para-hydroxylation sites is 1. The molecule has 3 rings (SSSR count). The van der Waals surface area contributed by atoms with Gasteiger partial charge < -0.3 is 4.18 Å². The first-order valence-corrected chi connectivity index (χ1v) is 9.64. The van der Waals surface area contributed by atoms with Gasteiger partial charge in [0.05, 0.1) is 4.90 Å². The molecule has 0 aliphatic carbocycles. The van der Waals surface area contributed by atoms with Crippen LogP contribution < -0.4 is 9.32 Å². The molecule has 1 heterocycles. The SMILES string of the molecule is NS(=O)(=O)c1cccc(S(=O)(=O)Oc2cccc3cccnc23)c1. The standard InChI is InChI=1S/C15H12N2O5S2/c16-23(18,19)12-6-2-7-13(10-12)24(20,21)22-14-8-1-4-11-5-3-9-17-15(11)14/h1-10H,(H2,16,18,19). The van der Waals surface area contributed by atoms with Crippen LogP contribution in [0, 0.1) is 0 Å². The van der Waals surface area contributed by atoms with Gasteiger partial charge in [0.2, 0.25) is 10.0 Å². The van der Waals surface area contributed by atoms with Crippen molar-refractivity contribution >= 4 is 31.0 Å². The third-order valence-corrected chi connectivity index (χ3v) is 5.36. The van der Waals surface area contributed by atoms with E-state index in [9.17, 15) is 16.8 Å². The van der Waals surface area contributed by atoms with Crippen LogP contribution in [0.15, 0.2) is 70.6 Å². The largest absolute Gasteiger partial charge is 0.377 e. The summed E-state index contributed by atoms with van der Waals surface area (Å²) in [5.41, 5.74) is 0.381. The van der Waals surface area contributed by atoms with E-state index in [1.807, 2.05) is 0 Å². The quantitative estimate of drug-likeness (QED) is 0.704. The van der Waals surface area contributed by atoms with E-state index < -0.39 is 20.1 Å². The molecule has 0 fully saturated rings. The van der Waals surface area contributed by atoms with Crippen LogP contribution in [0.3, 0.4) is 0 Å². The second-order valence-corrected chi connectivity index (χ2v) is 8.00. The number of rotatable bonds is 4. The fourth-order valence-corrected chi connectivity index (χ4v) is 3.73. The number of hydrogen-bond acceptors (Lipinski definition) is 6. The van der Waals surface area contributed by atoms with Gasteiger partial charge in [0.15, 0.2) is 5.75 Å². The van der Waals surface area contributed by atoms with Crippen molar-refractivity contribution in [1.82, 2.24) is 4.98 Å². The maximum absolute atomic E-state index is 12.4. The molecule has 3 aromatic rings. The number of benzene rings is 2. The van der Waals surface area contributed by atoms with E-state index in [1.165, 1.54) is 30.5 Å². The molecular weight excluding hydrogens is 352 g/mol. The van der Waals surface area contributed by atoms with Crippen LogP contribution in [-0.4, -0.2) is 21.8 Å². The Labute approximate surface area is 138 Å². The number of hydrogen-bond donors (Lipinski definition) is 1. The van der Waals surface area contributed by atoms with Gasteiger partial charge >= 0.3 is 10.1 Å². The normalized spacial score (nSPS) is 12.2. The Morgan fingerprint density at radius 1 is 0.875 bits per heavy atom. The summed E-state index contributed by atoms with van der Waals surface area (Å²) in [6.45, 7) is 0. The van der Waals surface area contributed by atoms with Crippen LogP contribution in [0.2, 0.25) is 0 Å². The van der Waals surface area contributed by atoms with Crippen LogP contribution >= 0.6 is 0 Å². The molecule has 0 saturated heterocycles. The van der Waals surface area contributed by atoms with Crippen LogP contribution in [-0.2, 0) is 20.1 Å². The monoisotopic (exact) mass is 364 g/mol. The van der Waals surface area contributed by atoms with Crippen LogP contribution in [0.25, 0.3) is 10.9 Å². The summed E-state index contributed by atoms with van der Waals surface area (Å²) in [6, 6.07) is 13.0. The van der Waals surface area contributed by atoms with Crippen LogP contribution in [0.1, 0.15) is 0 Å². The lowest BCUT2D eigenvalue weighted by Crippen LogP contribution is -2.14. The molecule has 0 saturated carbocycles. The molecule has 0 bridgehead atoms. The molecule has 7 nitrogen and oxygen atoms in total. The van der Waals surface area contributed by atoms with Crippen molar-refractivity contribution in [3.63, 3.8) is 0 Å². The minimum Gasteiger partial charge on any atom is -0.377 e. The number of sulfonamides is 1. The zero-order valence-corrected chi connectivity index (χ0v) is 13.8. The summed E-state index contributed by atoms with van der Waals surface area (Å²) in [5.74, 6) is 0.0501. The number of nitrogens with zero attached hydrogens (tertiary/aromatic N) is 1. The zero-order valence-electron chi connectivity index (χ0n) is 12.2. The van der Waals surface area contributed by atoms with Crippen LogP contribution in [0.4, 0.5) is 0 Å². The Morgan fingerprint density at radius 3 is 2.29 bits per heavy atom. The van der Waals surface area contributed by atoms with Crippen LogP contribution in [0.5, 0.6) is 5.75 Å². The van der Waals surface area contributed by atoms with E-state index in [1.54, 1.807) is 24.3 Å². The summed E-state index contributed by atoms with van der Waals surface area (Å²) >= 11 is 0. The molecule has 0 aliphatic rings. The fraction of sp³-hybridized carbons (Fsp3) is 0. The molecule has 0 unspecified atom stereocenters. The number of fused-ring (bicyclic) bond motifs is 1. The van der Waals surface area contributed by atoms with E-state index >= 15 is 0 Å². The van der Waals surface area contributed by atoms with Gasteiger partial charge in [-0.1, -0.05) is 24.3 Å². The predicted octanol–water partition coefficient (Wildman–Crippen LogP) is 1.65. The lowest BCUT2D eigenvalue weighted by Gasteiger charge is -2.09. The van der Waals surface area contributed by atoms with E-state index in [0.717, 1.165) is 6.07 Å². The number of primary sulfonamides is 1. The average molecular weight is 364 g/mol. The fourth-order valence-electron chi connectivity index (χ4n) is 2.12. The number of nitrogens with two attached hydrogens (primary N) is 1. The molecule has 124 valence electrons. The molecular formula is C15H12N2O5S2. The Bertz CT molecular complexity index is 1120. The summed E-state index contributed by atoms with van der Waals surface area (Å²) in [4.78, 5) is 3.48. The van der Waals surface area contributed by atoms with E-state index in [2.05, 4.69) is 4.98 Å². The van der Waals surface area contributed by atoms with Gasteiger partial charge in [-0.2, -0.15) is 8.42 Å². The number of pyridine rings is 1. The Kier molecular flexibility index (Phi) is 3.99. The molecule has 2 aromatic carbocycles. The van der Waals surface area contributed by atoms with E-state index in [0.29, 0.717) is 10.9 Å². The minimum absolute atomic E-state index is 0.0501. The van der Waals surface area contributed by atoms with Crippen molar-refractivity contribution in [3.8, 4) is 5.75 Å². The van der Waals surface area contributed by atoms with Crippen molar-refractivity contribution in [1.29, 1.82) is 0 Å². The van der Waals surface area contributed by atoms with Crippen molar-refractivity contribution in [2.45, 2.75) is 9.79 Å². The highest BCUT2D eigenvalue weighted by Crippen LogP contribution is 2.26. The Morgan fingerprint density at radius 2 is 1.54 bits per heavy atom. The molecule has 0 atom stereocenters. The maximum atomic E-state index is 12.4. The summed E-state index contributed by atoms with van der Waals surface area (Å²) in [7, 11) is -8.27. The molecule has 24 heavy (non-hydrogen) atoms. The predicted molar refractivity (Wildman–Crippen MR) is 87.4 cm³/mol. The number of aromatic nitrogens is 1. The first-order valence-electron chi connectivity index (χ1n) is 6.68. The first kappa shape index (κ1) is 16.4. The molecule has 9 heteroatoms. The molecule has 1 aromatic heterocycles. The lowest BCUT2D eigenvalue weighted by atomic mass is 10.2. The molecule has 0 spiro atoms. The van der Waals surface area contributed by atoms with Crippen molar-refractivity contribution < 1.29 is 21.0 Å². The van der Waals surface area contributed by atoms with Gasteiger partial charge in [-0.05, 0) is 30.3 Å². The van der Waals surface area contributed by atoms with E-state index in [4.69, 9.17) is 9.32 Å². The van der Waals surface area contributed by atoms with Gasteiger partial charge in [0.25, 0.3) is 0 Å². The van der Waals surface area contributed by atoms with Crippen molar-refractivity contribution in [3.05, 3.63) is 60.8 Å². The molecule has 0 aliphatic heterocycles. The third kappa shape index (κ3) is 3.23. The lowest BCUT2D eigenvalue weighted by molar-refractivity contribution is 0.488. The van der Waals surface area contributed by atoms with Crippen molar-refractivity contribution in [2.24, 2.45) is 5.14 Å². The zero-order chi connectivity index (χ0) is 17.4. The summed E-state index contributed by atoms with van der Waals surface area (Å²) in [6.07, 6.45) is 1.52. The highest BCUT2D eigenvalue weighted by atomic mass is 32.2. The van der Waals surface area contributed by atoms with E-state index in [-0.39, 0.29) is 15.5 Å². The van der Waals surface area contributed by atoms with Gasteiger partial charge in [-0.25, -0.2) is 13.6 Å². The highest BCUT2D eigenvalue weighted by molar-refractivity contribution is 7.89. The summed E-state index contributed by atoms with van der Waals surface area (Å²) in [5, 5.41) is 5.73. The van der Waals surface area contributed by atoms with Gasteiger partial charge in [0, 0.05) is 11.6 Å². The van der Waals surface area contributed by atoms with Gasteiger partial charge in [-0.15, -0.1) is 0 Å². The van der Waals surface area contributed by atoms with Gasteiger partial charge in [-0.3, -0.25) is 4.98 Å². The average Bonchev–Trinajstić information content (AvgIpc) is 2.54. The second-order valence-electron chi connectivity index (χ2n) is 4.89. The minimum atomic E-state index is -4.25. The molecule has 0 amide bonds. The Hall–Kier alpha value is -2.49. The first-order chi connectivity index (χ1) is 11.3. The maximum Gasteiger partial charge on any atom is 0.339 e. The highest BCUT2D eigenvalue weighted by Gasteiger charge is 2.20. The smallest absolute Gasteiger partial charge is 0.339 e. The third-order valence-electron chi connectivity index (χ3n) is 3.22. The summed E-state index contributed by atoms with van der Waals surface area (Å²) < 4.78 is 52.8. The second kappa shape index (κ2) is 5.86. The van der Waals surface area contributed by atoms with Crippen molar-refractivity contribution in [2.75, 3.05) is 0 Å². The Balaban J connectivity index is 2.06. The molecule has 0 radical (unpaired) electrons.